The van der Waals surface area contributed by atoms with Crippen LogP contribution < -0.4 is 18.9 Å². The fraction of sp³-hybridized carbons (Fsp3) is 0.170. The van der Waals surface area contributed by atoms with Crippen molar-refractivity contribution in [3.8, 4) is 68.7 Å². The first-order chi connectivity index (χ1) is 27.7. The summed E-state index contributed by atoms with van der Waals surface area (Å²) in [5.41, 5.74) is 9.48. The maximum atomic E-state index is 6.49. The van der Waals surface area contributed by atoms with Crippen molar-refractivity contribution in [1.29, 1.82) is 0 Å². The van der Waals surface area contributed by atoms with E-state index in [1.807, 2.05) is 49.4 Å². The lowest BCUT2D eigenvalue weighted by Crippen LogP contribution is -2.27. The van der Waals surface area contributed by atoms with E-state index in [0.717, 1.165) is 72.9 Å². The highest BCUT2D eigenvalue weighted by Gasteiger charge is 2.37. The number of ether oxygens (including phenoxy) is 4. The molecule has 0 N–H and O–H groups in total. The van der Waals surface area contributed by atoms with Crippen LogP contribution in [0.2, 0.25) is 0 Å². The molecule has 6 rings (SSSR count). The minimum atomic E-state index is -0.809. The molecule has 0 saturated carbocycles. The summed E-state index contributed by atoms with van der Waals surface area (Å²) in [4.78, 5) is 0. The van der Waals surface area contributed by atoms with E-state index >= 15 is 0 Å². The van der Waals surface area contributed by atoms with Crippen LogP contribution in [0.4, 0.5) is 0 Å². The SMILES string of the molecule is C#CCOc1ccc(-c2ccc(OCC(=C)C)cc2)cc1C(C)(c1ccc(-c2ccccc2)cc1)c1cc(-c2ccc(OCC(C)C=C)cc2)ccc1OCC=C. The Morgan fingerprint density at radius 3 is 1.67 bits per heavy atom. The second kappa shape index (κ2) is 18.8. The predicted molar refractivity (Wildman–Crippen MR) is 236 cm³/mol. The van der Waals surface area contributed by atoms with Crippen LogP contribution in [0.3, 0.4) is 0 Å². The topological polar surface area (TPSA) is 36.9 Å². The quantitative estimate of drug-likeness (QED) is 0.0498. The predicted octanol–water partition coefficient (Wildman–Crippen LogP) is 12.8. The van der Waals surface area contributed by atoms with Gasteiger partial charge in [0.25, 0.3) is 0 Å². The maximum Gasteiger partial charge on any atom is 0.148 e. The second-order valence-electron chi connectivity index (χ2n) is 14.4. The zero-order chi connectivity index (χ0) is 40.2. The van der Waals surface area contributed by atoms with Crippen LogP contribution in [-0.4, -0.2) is 26.4 Å². The molecule has 0 spiro atoms. The smallest absolute Gasteiger partial charge is 0.148 e. The highest BCUT2D eigenvalue weighted by Crippen LogP contribution is 2.49. The van der Waals surface area contributed by atoms with E-state index in [9.17, 15) is 0 Å². The zero-order valence-corrected chi connectivity index (χ0v) is 33.2. The van der Waals surface area contributed by atoms with Gasteiger partial charge in [0, 0.05) is 22.5 Å². The van der Waals surface area contributed by atoms with Crippen molar-refractivity contribution in [3.05, 3.63) is 194 Å². The third kappa shape index (κ3) is 9.58. The normalized spacial score (nSPS) is 12.3. The fourth-order valence-corrected chi connectivity index (χ4v) is 6.79. The van der Waals surface area contributed by atoms with Gasteiger partial charge < -0.3 is 18.9 Å². The number of terminal acetylenes is 1. The van der Waals surface area contributed by atoms with Crippen LogP contribution in [-0.2, 0) is 5.41 Å². The monoisotopic (exact) mass is 750 g/mol. The first-order valence-electron chi connectivity index (χ1n) is 19.2. The Kier molecular flexibility index (Phi) is 13.2. The average Bonchev–Trinajstić information content (AvgIpc) is 3.26. The van der Waals surface area contributed by atoms with Gasteiger partial charge >= 0.3 is 0 Å². The van der Waals surface area contributed by atoms with E-state index in [2.05, 4.69) is 143 Å². The Balaban J connectivity index is 1.55. The molecule has 0 aliphatic rings. The van der Waals surface area contributed by atoms with Crippen molar-refractivity contribution in [3.63, 3.8) is 0 Å². The molecule has 0 aliphatic heterocycles. The summed E-state index contributed by atoms with van der Waals surface area (Å²) in [5, 5.41) is 0. The molecule has 6 aromatic carbocycles. The first kappa shape index (κ1) is 40.0. The Bertz CT molecular complexity index is 2330. The Morgan fingerprint density at radius 2 is 1.14 bits per heavy atom. The molecule has 0 radical (unpaired) electrons. The summed E-state index contributed by atoms with van der Waals surface area (Å²) in [5.74, 6) is 5.94. The summed E-state index contributed by atoms with van der Waals surface area (Å²) < 4.78 is 24.8. The number of hydrogen-bond acceptors (Lipinski definition) is 4. The van der Waals surface area contributed by atoms with Crippen LogP contribution in [0, 0.1) is 18.3 Å². The van der Waals surface area contributed by atoms with E-state index in [-0.39, 0.29) is 12.5 Å². The molecule has 0 aliphatic carbocycles. The summed E-state index contributed by atoms with van der Waals surface area (Å²) >= 11 is 0. The van der Waals surface area contributed by atoms with E-state index < -0.39 is 5.41 Å². The van der Waals surface area contributed by atoms with Gasteiger partial charge in [-0.1, -0.05) is 129 Å². The van der Waals surface area contributed by atoms with E-state index in [4.69, 9.17) is 25.4 Å². The molecule has 286 valence electrons. The molecular weight excluding hydrogens is 701 g/mol. The van der Waals surface area contributed by atoms with E-state index in [1.165, 1.54) is 0 Å². The zero-order valence-electron chi connectivity index (χ0n) is 33.2. The fourth-order valence-electron chi connectivity index (χ4n) is 6.79. The first-order valence-corrected chi connectivity index (χ1v) is 19.2. The molecule has 4 heteroatoms. The average molecular weight is 751 g/mol. The highest BCUT2D eigenvalue weighted by atomic mass is 16.5. The van der Waals surface area contributed by atoms with Crippen molar-refractivity contribution in [1.82, 2.24) is 0 Å². The van der Waals surface area contributed by atoms with Crippen LogP contribution in [0.25, 0.3) is 33.4 Å². The van der Waals surface area contributed by atoms with Crippen LogP contribution >= 0.6 is 0 Å². The van der Waals surface area contributed by atoms with Crippen LogP contribution in [0.1, 0.15) is 37.5 Å². The van der Waals surface area contributed by atoms with Gasteiger partial charge in [-0.3, -0.25) is 0 Å². The third-order valence-corrected chi connectivity index (χ3v) is 10.0. The summed E-state index contributed by atoms with van der Waals surface area (Å²) in [7, 11) is 0. The van der Waals surface area contributed by atoms with Crippen molar-refractivity contribution < 1.29 is 18.9 Å². The van der Waals surface area contributed by atoms with Crippen LogP contribution in [0.5, 0.6) is 23.0 Å². The van der Waals surface area contributed by atoms with E-state index in [0.29, 0.717) is 25.6 Å². The molecule has 57 heavy (non-hydrogen) atoms. The minimum absolute atomic E-state index is 0.115. The molecule has 0 aromatic heterocycles. The van der Waals surface area contributed by atoms with Gasteiger partial charge in [0.05, 0.1) is 6.61 Å². The van der Waals surface area contributed by atoms with Gasteiger partial charge in [0.15, 0.2) is 0 Å². The molecule has 4 nitrogen and oxygen atoms in total. The molecular formula is C53H50O4. The standard InChI is InChI=1S/C53H50O4/c1-8-32-54-51-30-22-44(42-18-26-47(27-19-42)56-36-38(4)5)34-49(51)53(7,46-24-16-41(17-25-46)40-14-12-11-13-15-40)50-35-45(23-31-52(50)55-33-9-2)43-20-28-48(29-21-43)57-37-39(6)10-3/h1,9-31,34-35,39H,2-4,32-33,36-37H2,5-7H3. The maximum absolute atomic E-state index is 6.49. The Hall–Kier alpha value is -6.70. The Labute approximate surface area is 338 Å². The highest BCUT2D eigenvalue weighted by molar-refractivity contribution is 5.73. The summed E-state index contributed by atoms with van der Waals surface area (Å²) in [6.07, 6.45) is 9.45. The molecule has 2 unspecified atom stereocenters. The van der Waals surface area contributed by atoms with Gasteiger partial charge in [-0.05, 0) is 107 Å². The molecule has 2 atom stereocenters. The number of benzene rings is 6. The van der Waals surface area contributed by atoms with Crippen LogP contribution in [0.15, 0.2) is 177 Å². The molecule has 0 bridgehead atoms. The molecule has 0 heterocycles. The van der Waals surface area contributed by atoms with Crippen molar-refractivity contribution in [2.24, 2.45) is 5.92 Å². The van der Waals surface area contributed by atoms with Gasteiger partial charge in [-0.25, -0.2) is 0 Å². The molecule has 0 saturated heterocycles. The molecule has 0 fully saturated rings. The lowest BCUT2D eigenvalue weighted by atomic mass is 9.69. The second-order valence-corrected chi connectivity index (χ2v) is 14.4. The Morgan fingerprint density at radius 1 is 0.649 bits per heavy atom. The molecule has 6 aromatic rings. The van der Waals surface area contributed by atoms with Gasteiger partial charge in [-0.15, -0.1) is 13.0 Å². The minimum Gasteiger partial charge on any atom is -0.493 e. The molecule has 0 amide bonds. The van der Waals surface area contributed by atoms with Crippen molar-refractivity contribution >= 4 is 0 Å². The third-order valence-electron chi connectivity index (χ3n) is 10.0. The number of hydrogen-bond donors (Lipinski definition) is 0. The lowest BCUT2D eigenvalue weighted by Gasteiger charge is -2.35. The summed E-state index contributed by atoms with van der Waals surface area (Å²) in [6.45, 7) is 19.5. The lowest BCUT2D eigenvalue weighted by molar-refractivity contribution is 0.285. The number of rotatable bonds is 18. The summed E-state index contributed by atoms with van der Waals surface area (Å²) in [6, 6.07) is 48.2. The van der Waals surface area contributed by atoms with Crippen molar-refractivity contribution in [2.75, 3.05) is 26.4 Å². The van der Waals surface area contributed by atoms with Gasteiger partial charge in [0.1, 0.15) is 42.8 Å². The van der Waals surface area contributed by atoms with E-state index in [1.54, 1.807) is 6.08 Å². The van der Waals surface area contributed by atoms with Gasteiger partial charge in [0.2, 0.25) is 0 Å². The largest absolute Gasteiger partial charge is 0.493 e. The van der Waals surface area contributed by atoms with Crippen molar-refractivity contribution in [2.45, 2.75) is 26.2 Å². The van der Waals surface area contributed by atoms with Gasteiger partial charge in [-0.2, -0.15) is 0 Å².